The number of nitrogens with one attached hydrogen (secondary N) is 1. The third kappa shape index (κ3) is 4.44. The highest BCUT2D eigenvalue weighted by Gasteiger charge is 2.29. The zero-order chi connectivity index (χ0) is 17.0. The van der Waals surface area contributed by atoms with E-state index in [2.05, 4.69) is 5.32 Å². The minimum Gasteiger partial charge on any atom is -0.341 e. The fraction of sp³-hybridized carbons (Fsp3) is 0.529. The minimum absolute atomic E-state index is 0.0411. The van der Waals surface area contributed by atoms with Gasteiger partial charge in [0.2, 0.25) is 5.91 Å². The maximum Gasteiger partial charge on any atom is 0.256 e. The van der Waals surface area contributed by atoms with Crippen molar-refractivity contribution in [2.45, 2.75) is 39.2 Å². The number of carbonyl (C=O) groups is 2. The molecule has 0 unspecified atom stereocenters. The zero-order valence-corrected chi connectivity index (χ0v) is 14.2. The molecule has 1 saturated heterocycles. The maximum absolute atomic E-state index is 13.9. The van der Waals surface area contributed by atoms with Crippen LogP contribution in [-0.2, 0) is 4.79 Å². The molecule has 1 atom stereocenters. The average molecular weight is 341 g/mol. The quantitative estimate of drug-likeness (QED) is 0.894. The highest BCUT2D eigenvalue weighted by Crippen LogP contribution is 2.20. The lowest BCUT2D eigenvalue weighted by Crippen LogP contribution is -2.48. The van der Waals surface area contributed by atoms with Crippen LogP contribution in [-0.4, -0.2) is 35.8 Å². The Labute approximate surface area is 141 Å². The molecule has 23 heavy (non-hydrogen) atoms. The van der Waals surface area contributed by atoms with E-state index in [0.29, 0.717) is 19.5 Å². The number of carbonyl (C=O) groups excluding carboxylic acids is 2. The molecular weight excluding hydrogens is 319 g/mol. The van der Waals surface area contributed by atoms with Crippen LogP contribution in [0.1, 0.15) is 43.5 Å². The summed E-state index contributed by atoms with van der Waals surface area (Å²) in [7, 11) is 0. The average Bonchev–Trinajstić information content (AvgIpc) is 2.99. The summed E-state index contributed by atoms with van der Waals surface area (Å²) in [6.45, 7) is 5.38. The van der Waals surface area contributed by atoms with Crippen molar-refractivity contribution in [2.24, 2.45) is 5.92 Å². The Bertz CT molecular complexity index is 566. The molecule has 4 nitrogen and oxygen atoms in total. The molecule has 6 heteroatoms. The fourth-order valence-corrected chi connectivity index (χ4v) is 3.04. The van der Waals surface area contributed by atoms with Crippen molar-refractivity contribution < 1.29 is 14.0 Å². The van der Waals surface area contributed by atoms with Crippen LogP contribution < -0.4 is 5.32 Å². The Morgan fingerprint density at radius 3 is 2.52 bits per heavy atom. The molecule has 1 fully saturated rings. The van der Waals surface area contributed by atoms with Crippen molar-refractivity contribution in [3.8, 4) is 0 Å². The lowest BCUT2D eigenvalue weighted by Gasteiger charge is -2.25. The number of amides is 2. The Morgan fingerprint density at radius 2 is 1.96 bits per heavy atom. The lowest BCUT2D eigenvalue weighted by atomic mass is 10.0. The number of rotatable bonds is 5. The third-order valence-electron chi connectivity index (χ3n) is 3.92. The van der Waals surface area contributed by atoms with Gasteiger partial charge in [-0.25, -0.2) is 4.39 Å². The second kappa shape index (κ2) is 7.77. The maximum atomic E-state index is 13.9. The van der Waals surface area contributed by atoms with Gasteiger partial charge in [-0.2, -0.15) is 0 Å². The molecular formula is C17H22ClFN2O2. The van der Waals surface area contributed by atoms with Crippen LogP contribution in [0, 0.1) is 11.7 Å². The minimum atomic E-state index is -0.688. The topological polar surface area (TPSA) is 49.4 Å². The number of likely N-dealkylation sites (tertiary alicyclic amines) is 1. The van der Waals surface area contributed by atoms with Gasteiger partial charge in [0, 0.05) is 13.1 Å². The van der Waals surface area contributed by atoms with Gasteiger partial charge in [0.1, 0.15) is 11.9 Å². The van der Waals surface area contributed by atoms with Crippen molar-refractivity contribution in [3.05, 3.63) is 34.6 Å². The summed E-state index contributed by atoms with van der Waals surface area (Å²) in [5.74, 6) is -1.21. The second-order valence-corrected chi connectivity index (χ2v) is 6.69. The number of nitrogens with zero attached hydrogens (tertiary/aromatic N) is 1. The van der Waals surface area contributed by atoms with Gasteiger partial charge in [-0.15, -0.1) is 0 Å². The Balaban J connectivity index is 2.16. The highest BCUT2D eigenvalue weighted by molar-refractivity contribution is 6.33. The molecule has 0 aromatic heterocycles. The smallest absolute Gasteiger partial charge is 0.256 e. The molecule has 1 aliphatic rings. The van der Waals surface area contributed by atoms with E-state index in [1.807, 2.05) is 13.8 Å². The van der Waals surface area contributed by atoms with Crippen molar-refractivity contribution in [3.63, 3.8) is 0 Å². The van der Waals surface area contributed by atoms with Crippen molar-refractivity contribution >= 4 is 23.4 Å². The number of hydrogen-bond donors (Lipinski definition) is 1. The van der Waals surface area contributed by atoms with Crippen LogP contribution in [0.2, 0.25) is 5.02 Å². The Kier molecular flexibility index (Phi) is 5.99. The first kappa shape index (κ1) is 17.7. The molecule has 1 aromatic carbocycles. The van der Waals surface area contributed by atoms with Crippen LogP contribution in [0.15, 0.2) is 18.2 Å². The first-order valence-corrected chi connectivity index (χ1v) is 8.31. The molecule has 2 amide bonds. The van der Waals surface area contributed by atoms with Crippen LogP contribution >= 0.6 is 11.6 Å². The molecule has 2 rings (SSSR count). The molecule has 0 bridgehead atoms. The molecule has 1 N–H and O–H groups in total. The van der Waals surface area contributed by atoms with Crippen LogP contribution in [0.4, 0.5) is 4.39 Å². The van der Waals surface area contributed by atoms with E-state index >= 15 is 0 Å². The van der Waals surface area contributed by atoms with Crippen LogP contribution in [0.25, 0.3) is 0 Å². The van der Waals surface area contributed by atoms with Gasteiger partial charge in [-0.05, 0) is 37.3 Å². The van der Waals surface area contributed by atoms with Crippen LogP contribution in [0.3, 0.4) is 0 Å². The summed E-state index contributed by atoms with van der Waals surface area (Å²) in [6.07, 6.45) is 2.47. The first-order chi connectivity index (χ1) is 10.9. The number of halogens is 2. The van der Waals surface area contributed by atoms with Crippen molar-refractivity contribution in [2.75, 3.05) is 13.1 Å². The van der Waals surface area contributed by atoms with Crippen molar-refractivity contribution in [1.29, 1.82) is 0 Å². The van der Waals surface area contributed by atoms with Gasteiger partial charge in [-0.3, -0.25) is 9.59 Å². The van der Waals surface area contributed by atoms with Gasteiger partial charge in [0.15, 0.2) is 0 Å². The van der Waals surface area contributed by atoms with E-state index in [9.17, 15) is 14.0 Å². The van der Waals surface area contributed by atoms with Crippen molar-refractivity contribution in [1.82, 2.24) is 10.2 Å². The van der Waals surface area contributed by atoms with Gasteiger partial charge >= 0.3 is 0 Å². The predicted molar refractivity (Wildman–Crippen MR) is 87.9 cm³/mol. The molecule has 0 radical (unpaired) electrons. The van der Waals surface area contributed by atoms with E-state index in [-0.39, 0.29) is 22.4 Å². The predicted octanol–water partition coefficient (Wildman–Crippen LogP) is 3.25. The summed E-state index contributed by atoms with van der Waals surface area (Å²) in [6, 6.07) is 3.42. The fourth-order valence-electron chi connectivity index (χ4n) is 2.80. The number of hydrogen-bond acceptors (Lipinski definition) is 2. The summed E-state index contributed by atoms with van der Waals surface area (Å²) in [4.78, 5) is 26.8. The zero-order valence-electron chi connectivity index (χ0n) is 13.4. The lowest BCUT2D eigenvalue weighted by molar-refractivity contribution is -0.132. The SMILES string of the molecule is CC(C)C[C@@H](NC(=O)c1c(F)cccc1Cl)C(=O)N1CCCC1. The normalized spacial score (nSPS) is 15.8. The summed E-state index contributed by atoms with van der Waals surface area (Å²) >= 11 is 5.92. The molecule has 0 aliphatic carbocycles. The van der Waals surface area contributed by atoms with Gasteiger partial charge in [0.05, 0.1) is 10.6 Å². The van der Waals surface area contributed by atoms with Gasteiger partial charge < -0.3 is 10.2 Å². The molecule has 1 aliphatic heterocycles. The summed E-state index contributed by atoms with van der Waals surface area (Å²) in [5.41, 5.74) is -0.211. The summed E-state index contributed by atoms with van der Waals surface area (Å²) in [5, 5.41) is 2.71. The Morgan fingerprint density at radius 1 is 1.30 bits per heavy atom. The molecule has 126 valence electrons. The molecule has 0 spiro atoms. The molecule has 1 aromatic rings. The largest absolute Gasteiger partial charge is 0.341 e. The first-order valence-electron chi connectivity index (χ1n) is 7.93. The summed E-state index contributed by atoms with van der Waals surface area (Å²) < 4.78 is 13.9. The standard InChI is InChI=1S/C17H22ClFN2O2/c1-11(2)10-14(17(23)21-8-3-4-9-21)20-16(22)15-12(18)6-5-7-13(15)19/h5-7,11,14H,3-4,8-10H2,1-2H3,(H,20,22)/t14-/m1/s1. The van der Waals surface area contributed by atoms with Crippen LogP contribution in [0.5, 0.6) is 0 Å². The monoisotopic (exact) mass is 340 g/mol. The number of benzene rings is 1. The van der Waals surface area contributed by atoms with E-state index in [1.165, 1.54) is 18.2 Å². The van der Waals surface area contributed by atoms with E-state index < -0.39 is 17.8 Å². The van der Waals surface area contributed by atoms with Gasteiger partial charge in [0.25, 0.3) is 5.91 Å². The highest BCUT2D eigenvalue weighted by atomic mass is 35.5. The van der Waals surface area contributed by atoms with E-state index in [1.54, 1.807) is 4.90 Å². The van der Waals surface area contributed by atoms with E-state index in [0.717, 1.165) is 12.8 Å². The molecule has 0 saturated carbocycles. The van der Waals surface area contributed by atoms with E-state index in [4.69, 9.17) is 11.6 Å². The van der Waals surface area contributed by atoms with Gasteiger partial charge in [-0.1, -0.05) is 31.5 Å². The third-order valence-corrected chi connectivity index (χ3v) is 4.23. The second-order valence-electron chi connectivity index (χ2n) is 6.28. The molecule has 1 heterocycles. The Hall–Kier alpha value is -1.62.